The molecule has 2 aromatic rings. The Morgan fingerprint density at radius 3 is 2.48 bits per heavy atom. The summed E-state index contributed by atoms with van der Waals surface area (Å²) in [5.74, 6) is 0.304. The van der Waals surface area contributed by atoms with Gasteiger partial charge in [-0.1, -0.05) is 12.1 Å². The number of carbonyl (C=O) groups excluding carboxylic acids is 1. The number of aromatic nitrogens is 1. The van der Waals surface area contributed by atoms with Gasteiger partial charge in [0.05, 0.1) is 13.1 Å². The highest BCUT2D eigenvalue weighted by Crippen LogP contribution is 2.29. The van der Waals surface area contributed by atoms with E-state index in [0.717, 1.165) is 22.3 Å². The molecule has 6 nitrogen and oxygen atoms in total. The lowest BCUT2D eigenvalue weighted by Crippen LogP contribution is -2.36. The average molecular weight is 399 g/mol. The highest BCUT2D eigenvalue weighted by Gasteiger charge is 2.33. The number of nitrogens with zero attached hydrogens (tertiary/aromatic N) is 2. The third-order valence-electron chi connectivity index (χ3n) is 3.46. The van der Waals surface area contributed by atoms with Crippen molar-refractivity contribution >= 4 is 23.2 Å². The largest absolute Gasteiger partial charge is 0.434 e. The van der Waals surface area contributed by atoms with E-state index in [9.17, 15) is 18.0 Å². The van der Waals surface area contributed by atoms with E-state index in [1.165, 1.54) is 0 Å². The molecular weight excluding hydrogens is 379 g/mol. The van der Waals surface area contributed by atoms with Crippen LogP contribution in [-0.2, 0) is 19.3 Å². The third kappa shape index (κ3) is 6.24. The number of carbonyl (C=O) groups is 1. The molecule has 0 unspecified atom stereocenters. The smallest absolute Gasteiger partial charge is 0.357 e. The summed E-state index contributed by atoms with van der Waals surface area (Å²) in [4.78, 5) is 19.5. The molecule has 1 aromatic carbocycles. The third-order valence-corrected chi connectivity index (χ3v) is 4.31. The van der Waals surface area contributed by atoms with E-state index in [4.69, 9.17) is 0 Å². The minimum absolute atomic E-state index is 0.141. The van der Waals surface area contributed by atoms with Gasteiger partial charge in [0, 0.05) is 24.5 Å². The number of hydrogen-bond donors (Lipinski definition) is 3. The van der Waals surface area contributed by atoms with E-state index >= 15 is 0 Å². The van der Waals surface area contributed by atoms with Gasteiger partial charge in [0.25, 0.3) is 5.91 Å². The summed E-state index contributed by atoms with van der Waals surface area (Å²) in [5.41, 5.74) is 0.565. The standard InChI is InChI=1S/C17H20F3N5OS/c1-3-22-16(24-9-14-25-13(10-27-14)17(18,19)20)23-8-11-4-6-12(7-5-11)15(26)21-2/h4-7,10H,3,8-9H2,1-2H3,(H,21,26)(H2,22,23,24). The molecule has 0 aliphatic heterocycles. The molecule has 27 heavy (non-hydrogen) atoms. The fourth-order valence-electron chi connectivity index (χ4n) is 2.10. The van der Waals surface area contributed by atoms with Crippen LogP contribution in [0.2, 0.25) is 0 Å². The van der Waals surface area contributed by atoms with E-state index in [0.29, 0.717) is 29.6 Å². The quantitative estimate of drug-likeness (QED) is 0.516. The number of rotatable bonds is 6. The lowest BCUT2D eigenvalue weighted by Gasteiger charge is -2.10. The fraction of sp³-hybridized carbons (Fsp3) is 0.353. The molecule has 0 spiro atoms. The number of nitrogens with one attached hydrogen (secondary N) is 3. The number of benzene rings is 1. The van der Waals surface area contributed by atoms with Crippen LogP contribution in [-0.4, -0.2) is 30.4 Å². The van der Waals surface area contributed by atoms with Gasteiger partial charge in [-0.3, -0.25) is 4.79 Å². The summed E-state index contributed by atoms with van der Waals surface area (Å²) in [6.45, 7) is 2.99. The zero-order valence-corrected chi connectivity index (χ0v) is 15.7. The second-order valence-electron chi connectivity index (χ2n) is 5.45. The van der Waals surface area contributed by atoms with E-state index in [2.05, 4.69) is 25.9 Å². The highest BCUT2D eigenvalue weighted by molar-refractivity contribution is 7.09. The Kier molecular flexibility index (Phi) is 7.17. The van der Waals surface area contributed by atoms with Crippen LogP contribution in [0.3, 0.4) is 0 Å². The topological polar surface area (TPSA) is 78.4 Å². The molecule has 1 amide bonds. The molecule has 0 radical (unpaired) electrons. The molecule has 0 saturated carbocycles. The van der Waals surface area contributed by atoms with Crippen molar-refractivity contribution in [1.82, 2.24) is 20.9 Å². The SMILES string of the molecule is CCNC(=NCc1ccc(C(=O)NC)cc1)NCc1nc(C(F)(F)F)cs1. The molecule has 0 aliphatic rings. The summed E-state index contributed by atoms with van der Waals surface area (Å²) in [7, 11) is 1.56. The highest BCUT2D eigenvalue weighted by atomic mass is 32.1. The lowest BCUT2D eigenvalue weighted by atomic mass is 10.1. The van der Waals surface area contributed by atoms with Crippen LogP contribution in [0, 0.1) is 0 Å². The fourth-order valence-corrected chi connectivity index (χ4v) is 2.84. The lowest BCUT2D eigenvalue weighted by molar-refractivity contribution is -0.140. The van der Waals surface area contributed by atoms with E-state index in [1.807, 2.05) is 6.92 Å². The Morgan fingerprint density at radius 1 is 1.22 bits per heavy atom. The predicted molar refractivity (Wildman–Crippen MR) is 98.6 cm³/mol. The number of guanidine groups is 1. The van der Waals surface area contributed by atoms with E-state index in [1.54, 1.807) is 31.3 Å². The average Bonchev–Trinajstić information content (AvgIpc) is 3.13. The molecule has 0 bridgehead atoms. The minimum Gasteiger partial charge on any atom is -0.357 e. The predicted octanol–water partition coefficient (Wildman–Crippen LogP) is 2.78. The molecule has 0 fully saturated rings. The van der Waals surface area contributed by atoms with Crippen molar-refractivity contribution in [2.45, 2.75) is 26.2 Å². The van der Waals surface area contributed by atoms with E-state index in [-0.39, 0.29) is 12.5 Å². The number of hydrogen-bond acceptors (Lipinski definition) is 4. The summed E-state index contributed by atoms with van der Waals surface area (Å²) in [6.07, 6.45) is -4.44. The normalized spacial score (nSPS) is 12.0. The molecule has 1 aromatic heterocycles. The zero-order chi connectivity index (χ0) is 19.9. The Balaban J connectivity index is 1.97. The Bertz CT molecular complexity index is 787. The van der Waals surface area contributed by atoms with Gasteiger partial charge in [0.15, 0.2) is 11.7 Å². The first kappa shape index (κ1) is 20.7. The zero-order valence-electron chi connectivity index (χ0n) is 14.9. The van der Waals surface area contributed by atoms with Crippen LogP contribution in [0.15, 0.2) is 34.6 Å². The minimum atomic E-state index is -4.44. The van der Waals surface area contributed by atoms with E-state index < -0.39 is 11.9 Å². The van der Waals surface area contributed by atoms with Crippen LogP contribution < -0.4 is 16.0 Å². The van der Waals surface area contributed by atoms with Gasteiger partial charge in [-0.2, -0.15) is 13.2 Å². The first-order chi connectivity index (χ1) is 12.8. The van der Waals surface area contributed by atoms with Crippen molar-refractivity contribution in [3.05, 3.63) is 51.5 Å². The molecule has 10 heteroatoms. The van der Waals surface area contributed by atoms with Gasteiger partial charge < -0.3 is 16.0 Å². The van der Waals surface area contributed by atoms with Gasteiger partial charge in [-0.05, 0) is 24.6 Å². The van der Waals surface area contributed by atoms with Crippen LogP contribution in [0.1, 0.15) is 33.5 Å². The summed E-state index contributed by atoms with van der Waals surface area (Å²) in [6, 6.07) is 7.01. The van der Waals surface area contributed by atoms with Gasteiger partial charge in [-0.15, -0.1) is 11.3 Å². The molecule has 1 heterocycles. The second kappa shape index (κ2) is 9.36. The van der Waals surface area contributed by atoms with Crippen molar-refractivity contribution < 1.29 is 18.0 Å². The van der Waals surface area contributed by atoms with Gasteiger partial charge in [-0.25, -0.2) is 9.98 Å². The summed E-state index contributed by atoms with van der Waals surface area (Å²) < 4.78 is 37.8. The van der Waals surface area contributed by atoms with Crippen LogP contribution in [0.5, 0.6) is 0 Å². The maximum absolute atomic E-state index is 12.6. The molecule has 2 rings (SSSR count). The number of halogens is 3. The Labute approximate surface area is 158 Å². The first-order valence-corrected chi connectivity index (χ1v) is 9.06. The van der Waals surface area contributed by atoms with Crippen molar-refractivity contribution in [3.63, 3.8) is 0 Å². The van der Waals surface area contributed by atoms with Crippen molar-refractivity contribution in [2.24, 2.45) is 4.99 Å². The molecule has 0 saturated heterocycles. The molecule has 0 atom stereocenters. The van der Waals surface area contributed by atoms with Gasteiger partial charge in [0.2, 0.25) is 0 Å². The molecular formula is C17H20F3N5OS. The molecule has 146 valence electrons. The Morgan fingerprint density at radius 2 is 1.93 bits per heavy atom. The van der Waals surface area contributed by atoms with Crippen molar-refractivity contribution in [1.29, 1.82) is 0 Å². The van der Waals surface area contributed by atoms with Gasteiger partial charge >= 0.3 is 6.18 Å². The monoisotopic (exact) mass is 399 g/mol. The van der Waals surface area contributed by atoms with Crippen LogP contribution in [0.4, 0.5) is 13.2 Å². The maximum atomic E-state index is 12.6. The Hall–Kier alpha value is -2.62. The van der Waals surface area contributed by atoms with Crippen LogP contribution >= 0.6 is 11.3 Å². The number of thiazole rings is 1. The van der Waals surface area contributed by atoms with Crippen molar-refractivity contribution in [2.75, 3.05) is 13.6 Å². The maximum Gasteiger partial charge on any atom is 0.434 e. The first-order valence-electron chi connectivity index (χ1n) is 8.18. The number of amides is 1. The number of alkyl halides is 3. The van der Waals surface area contributed by atoms with Crippen LogP contribution in [0.25, 0.3) is 0 Å². The number of aliphatic imine (C=N–C) groups is 1. The second-order valence-corrected chi connectivity index (χ2v) is 6.39. The summed E-state index contributed by atoms with van der Waals surface area (Å²) in [5, 5.41) is 9.86. The summed E-state index contributed by atoms with van der Waals surface area (Å²) >= 11 is 0.943. The molecule has 3 N–H and O–H groups in total. The molecule has 0 aliphatic carbocycles. The van der Waals surface area contributed by atoms with Crippen molar-refractivity contribution in [3.8, 4) is 0 Å². The van der Waals surface area contributed by atoms with Gasteiger partial charge in [0.1, 0.15) is 5.01 Å².